The normalized spacial score (nSPS) is 15.5. The molecular weight excluding hydrogens is 348 g/mol. The van der Waals surface area contributed by atoms with Crippen molar-refractivity contribution in [2.75, 3.05) is 13.1 Å². The van der Waals surface area contributed by atoms with E-state index in [4.69, 9.17) is 16.3 Å². The van der Waals surface area contributed by atoms with Gasteiger partial charge in [0.05, 0.1) is 18.1 Å². The number of halogens is 1. The van der Waals surface area contributed by atoms with Gasteiger partial charge in [-0.05, 0) is 37.6 Å². The molecule has 0 saturated carbocycles. The van der Waals surface area contributed by atoms with E-state index >= 15 is 0 Å². The second-order valence-corrected chi connectivity index (χ2v) is 7.19. The molecule has 0 N–H and O–H groups in total. The molecule has 1 fully saturated rings. The zero-order valence-corrected chi connectivity index (χ0v) is 15.7. The predicted octanol–water partition coefficient (Wildman–Crippen LogP) is 4.19. The van der Waals surface area contributed by atoms with Crippen LogP contribution in [0.1, 0.15) is 30.5 Å². The summed E-state index contributed by atoms with van der Waals surface area (Å²) in [5.41, 5.74) is 3.76. The van der Waals surface area contributed by atoms with Gasteiger partial charge in [0.15, 0.2) is 5.15 Å². The Morgan fingerprint density at radius 3 is 2.73 bits per heavy atom. The summed E-state index contributed by atoms with van der Waals surface area (Å²) >= 11 is 5.92. The Hall–Kier alpha value is -2.11. The van der Waals surface area contributed by atoms with E-state index in [-0.39, 0.29) is 0 Å². The van der Waals surface area contributed by atoms with Crippen LogP contribution in [0.5, 0.6) is 5.88 Å². The first-order valence-electron chi connectivity index (χ1n) is 9.10. The van der Waals surface area contributed by atoms with Gasteiger partial charge in [-0.25, -0.2) is 0 Å². The van der Waals surface area contributed by atoms with E-state index in [1.807, 2.05) is 0 Å². The van der Waals surface area contributed by atoms with Gasteiger partial charge in [-0.1, -0.05) is 36.2 Å². The fourth-order valence-electron chi connectivity index (χ4n) is 3.76. The fraction of sp³-hybridized carbons (Fsp3) is 0.400. The maximum atomic E-state index is 5.92. The number of hydrogen-bond donors (Lipinski definition) is 0. The second kappa shape index (κ2) is 7.64. The Morgan fingerprint density at radius 1 is 1.12 bits per heavy atom. The molecule has 0 aliphatic carbocycles. The number of rotatable bonds is 5. The van der Waals surface area contributed by atoms with Crippen LogP contribution in [0.25, 0.3) is 10.9 Å². The van der Waals surface area contributed by atoms with Crippen molar-refractivity contribution < 1.29 is 4.74 Å². The summed E-state index contributed by atoms with van der Waals surface area (Å²) in [4.78, 5) is 10.8. The van der Waals surface area contributed by atoms with Crippen molar-refractivity contribution >= 4 is 22.5 Å². The molecule has 1 saturated heterocycles. The minimum absolute atomic E-state index is 0.341. The van der Waals surface area contributed by atoms with Gasteiger partial charge in [0.25, 0.3) is 0 Å². The topological polar surface area (TPSA) is 43.2 Å². The number of benzene rings is 1. The van der Waals surface area contributed by atoms with E-state index in [0.717, 1.165) is 6.54 Å². The lowest BCUT2D eigenvalue weighted by molar-refractivity contribution is 0.218. The van der Waals surface area contributed by atoms with Crippen molar-refractivity contribution in [1.82, 2.24) is 19.4 Å². The molecule has 6 heteroatoms. The number of likely N-dealkylation sites (tertiary alicyclic amines) is 1. The molecule has 26 heavy (non-hydrogen) atoms. The summed E-state index contributed by atoms with van der Waals surface area (Å²) in [6, 6.07) is 8.56. The molecule has 4 rings (SSSR count). The Balaban J connectivity index is 1.65. The molecule has 5 nitrogen and oxygen atoms in total. The van der Waals surface area contributed by atoms with Gasteiger partial charge >= 0.3 is 0 Å². The van der Waals surface area contributed by atoms with Crippen molar-refractivity contribution in [3.8, 4) is 5.88 Å². The smallest absolute Gasteiger partial charge is 0.234 e. The van der Waals surface area contributed by atoms with Crippen LogP contribution < -0.4 is 4.74 Å². The Labute approximate surface area is 158 Å². The van der Waals surface area contributed by atoms with Crippen molar-refractivity contribution in [2.24, 2.45) is 7.05 Å². The van der Waals surface area contributed by atoms with Gasteiger partial charge in [0.2, 0.25) is 5.88 Å². The highest BCUT2D eigenvalue weighted by molar-refractivity contribution is 6.29. The van der Waals surface area contributed by atoms with Crippen LogP contribution in [0.4, 0.5) is 0 Å². The lowest BCUT2D eigenvalue weighted by Crippen LogP contribution is -2.29. The number of aromatic nitrogens is 3. The fourth-order valence-corrected chi connectivity index (χ4v) is 3.90. The number of fused-ring (bicyclic) bond motifs is 1. The second-order valence-electron chi connectivity index (χ2n) is 6.81. The van der Waals surface area contributed by atoms with E-state index in [1.165, 1.54) is 60.7 Å². The van der Waals surface area contributed by atoms with Crippen molar-refractivity contribution in [2.45, 2.75) is 32.4 Å². The van der Waals surface area contributed by atoms with Crippen LogP contribution in [-0.4, -0.2) is 32.5 Å². The van der Waals surface area contributed by atoms with E-state index in [2.05, 4.69) is 50.7 Å². The third-order valence-corrected chi connectivity index (χ3v) is 5.30. The molecule has 0 unspecified atom stereocenters. The van der Waals surface area contributed by atoms with Gasteiger partial charge in [-0.2, -0.15) is 4.98 Å². The lowest BCUT2D eigenvalue weighted by Gasteiger charge is -2.26. The number of hydrogen-bond acceptors (Lipinski definition) is 4. The van der Waals surface area contributed by atoms with Crippen LogP contribution in [-0.2, 0) is 20.2 Å². The van der Waals surface area contributed by atoms with Gasteiger partial charge in [0.1, 0.15) is 6.61 Å². The van der Waals surface area contributed by atoms with Gasteiger partial charge in [-0.15, -0.1) is 0 Å². The average Bonchev–Trinajstić information content (AvgIpc) is 2.93. The molecule has 0 spiro atoms. The maximum Gasteiger partial charge on any atom is 0.234 e. The predicted molar refractivity (Wildman–Crippen MR) is 103 cm³/mol. The number of aryl methyl sites for hydroxylation is 1. The summed E-state index contributed by atoms with van der Waals surface area (Å²) in [6.45, 7) is 3.75. The van der Waals surface area contributed by atoms with Gasteiger partial charge in [-0.3, -0.25) is 9.88 Å². The molecule has 3 heterocycles. The standard InChI is InChI=1S/C20H23ClN4O/c1-24-17-8-4-3-7-15(17)16(13-25-9-5-2-6-10-25)18(24)14-26-20-12-22-11-19(21)23-20/h3-4,7-8,11-12H,2,5-6,9-10,13-14H2,1H3. The van der Waals surface area contributed by atoms with Gasteiger partial charge in [0, 0.05) is 24.5 Å². The lowest BCUT2D eigenvalue weighted by atomic mass is 10.1. The number of nitrogens with zero attached hydrogens (tertiary/aromatic N) is 4. The highest BCUT2D eigenvalue weighted by atomic mass is 35.5. The third kappa shape index (κ3) is 3.55. The first kappa shape index (κ1) is 17.3. The highest BCUT2D eigenvalue weighted by Crippen LogP contribution is 2.28. The minimum Gasteiger partial charge on any atom is -0.470 e. The van der Waals surface area contributed by atoms with E-state index in [0.29, 0.717) is 17.6 Å². The Kier molecular flexibility index (Phi) is 5.09. The highest BCUT2D eigenvalue weighted by Gasteiger charge is 2.19. The van der Waals surface area contributed by atoms with Crippen molar-refractivity contribution in [1.29, 1.82) is 0 Å². The molecule has 1 aromatic carbocycles. The summed E-state index contributed by atoms with van der Waals surface area (Å²) in [5, 5.41) is 1.64. The van der Waals surface area contributed by atoms with Crippen LogP contribution in [0, 0.1) is 0 Å². The monoisotopic (exact) mass is 370 g/mol. The van der Waals surface area contributed by atoms with Crippen LogP contribution in [0.3, 0.4) is 0 Å². The molecule has 136 valence electrons. The number of piperidine rings is 1. The zero-order valence-electron chi connectivity index (χ0n) is 15.0. The third-order valence-electron chi connectivity index (χ3n) is 5.11. The molecule has 0 amide bonds. The molecule has 2 aromatic heterocycles. The van der Waals surface area contributed by atoms with Crippen LogP contribution >= 0.6 is 11.6 Å². The molecule has 1 aliphatic rings. The van der Waals surface area contributed by atoms with E-state index in [1.54, 1.807) is 6.20 Å². The maximum absolute atomic E-state index is 5.92. The zero-order chi connectivity index (χ0) is 17.9. The largest absolute Gasteiger partial charge is 0.470 e. The molecule has 3 aromatic rings. The minimum atomic E-state index is 0.341. The molecule has 0 atom stereocenters. The quantitative estimate of drug-likeness (QED) is 0.675. The van der Waals surface area contributed by atoms with E-state index in [9.17, 15) is 0 Å². The molecule has 0 radical (unpaired) electrons. The van der Waals surface area contributed by atoms with Gasteiger partial charge < -0.3 is 9.30 Å². The average molecular weight is 371 g/mol. The van der Waals surface area contributed by atoms with Crippen molar-refractivity contribution in [3.05, 3.63) is 53.1 Å². The molecule has 1 aliphatic heterocycles. The summed E-state index contributed by atoms with van der Waals surface area (Å²) in [6.07, 6.45) is 7.02. The first-order chi connectivity index (χ1) is 12.7. The van der Waals surface area contributed by atoms with Crippen LogP contribution in [0.2, 0.25) is 5.15 Å². The summed E-state index contributed by atoms with van der Waals surface area (Å²) in [5.74, 6) is 0.451. The Bertz CT molecular complexity index is 902. The van der Waals surface area contributed by atoms with Crippen molar-refractivity contribution in [3.63, 3.8) is 0 Å². The van der Waals surface area contributed by atoms with E-state index < -0.39 is 0 Å². The molecule has 0 bridgehead atoms. The summed E-state index contributed by atoms with van der Waals surface area (Å²) < 4.78 is 8.14. The van der Waals surface area contributed by atoms with Crippen LogP contribution in [0.15, 0.2) is 36.7 Å². The first-order valence-corrected chi connectivity index (χ1v) is 9.48. The Morgan fingerprint density at radius 2 is 1.92 bits per heavy atom. The number of ether oxygens (including phenoxy) is 1. The SMILES string of the molecule is Cn1c(COc2cncc(Cl)n2)c(CN2CCCCC2)c2ccccc21. The molecular formula is C20H23ClN4O. The summed E-state index contributed by atoms with van der Waals surface area (Å²) in [7, 11) is 2.10. The number of para-hydroxylation sites is 1.